The lowest BCUT2D eigenvalue weighted by molar-refractivity contribution is 0.00225. The Morgan fingerprint density at radius 3 is 2.39 bits per heavy atom. The van der Waals surface area contributed by atoms with E-state index in [-0.39, 0.29) is 23.8 Å². The summed E-state index contributed by atoms with van der Waals surface area (Å²) in [6.45, 7) is 0.705. The van der Waals surface area contributed by atoms with Gasteiger partial charge in [0, 0.05) is 13.1 Å². The number of carbonyl (C=O) groups excluding carboxylic acids is 2. The van der Waals surface area contributed by atoms with Crippen LogP contribution in [0, 0.1) is 0 Å². The van der Waals surface area contributed by atoms with Crippen LogP contribution in [0.4, 0.5) is 8.78 Å². The second-order valence-electron chi connectivity index (χ2n) is 5.37. The van der Waals surface area contributed by atoms with E-state index in [2.05, 4.69) is 4.74 Å². The molecule has 0 spiro atoms. The lowest BCUT2D eigenvalue weighted by atomic mass is 10.1. The van der Waals surface area contributed by atoms with Crippen molar-refractivity contribution in [2.45, 2.75) is 25.4 Å². The third-order valence-electron chi connectivity index (χ3n) is 3.72. The molecular weight excluding hydrogens is 308 g/mol. The molecule has 1 fully saturated rings. The predicted octanol–water partition coefficient (Wildman–Crippen LogP) is 2.36. The molecule has 2 rings (SSSR count). The summed E-state index contributed by atoms with van der Waals surface area (Å²) in [6, 6.07) is 6.10. The fourth-order valence-corrected chi connectivity index (χ4v) is 2.52. The Morgan fingerprint density at radius 1 is 1.22 bits per heavy atom. The fourth-order valence-electron chi connectivity index (χ4n) is 2.52. The maximum absolute atomic E-state index is 12.3. The monoisotopic (exact) mass is 327 g/mol. The van der Waals surface area contributed by atoms with Crippen molar-refractivity contribution < 1.29 is 27.8 Å². The molecule has 1 aliphatic rings. The second-order valence-corrected chi connectivity index (χ2v) is 5.37. The zero-order valence-corrected chi connectivity index (χ0v) is 12.8. The van der Waals surface area contributed by atoms with Crippen LogP contribution >= 0.6 is 0 Å². The molecule has 1 aromatic rings. The number of rotatable bonds is 5. The first-order valence-electron chi connectivity index (χ1n) is 7.39. The van der Waals surface area contributed by atoms with E-state index in [0.29, 0.717) is 25.9 Å². The summed E-state index contributed by atoms with van der Waals surface area (Å²) in [5.41, 5.74) is 0.539. The number of ether oxygens (including phenoxy) is 2. The minimum Gasteiger partial charge on any atom is -0.465 e. The summed E-state index contributed by atoms with van der Waals surface area (Å²) in [5, 5.41) is 0. The molecule has 1 saturated heterocycles. The molecule has 23 heavy (non-hydrogen) atoms. The van der Waals surface area contributed by atoms with E-state index in [1.54, 1.807) is 23.1 Å². The van der Waals surface area contributed by atoms with Gasteiger partial charge in [-0.3, -0.25) is 4.90 Å². The van der Waals surface area contributed by atoms with Crippen LogP contribution in [-0.2, 0) is 9.47 Å². The first kappa shape index (κ1) is 17.3. The molecule has 0 aromatic heterocycles. The maximum atomic E-state index is 12.3. The Balaban J connectivity index is 1.89. The fraction of sp³-hybridized carbons (Fsp3) is 0.500. The maximum Gasteiger partial charge on any atom is 0.338 e. The van der Waals surface area contributed by atoms with Crippen molar-refractivity contribution in [1.82, 2.24) is 4.90 Å². The van der Waals surface area contributed by atoms with Crippen molar-refractivity contribution >= 4 is 11.9 Å². The molecule has 5 nitrogen and oxygen atoms in total. The summed E-state index contributed by atoms with van der Waals surface area (Å²) >= 11 is 0. The van der Waals surface area contributed by atoms with E-state index in [0.717, 1.165) is 0 Å². The number of hydrogen-bond acceptors (Lipinski definition) is 5. The molecule has 0 atom stereocenters. The van der Waals surface area contributed by atoms with Crippen molar-refractivity contribution in [3.05, 3.63) is 35.4 Å². The van der Waals surface area contributed by atoms with E-state index in [9.17, 15) is 18.4 Å². The summed E-state index contributed by atoms with van der Waals surface area (Å²) in [5.74, 6) is -1.05. The third kappa shape index (κ3) is 4.99. The number of methoxy groups -OCH3 is 1. The van der Waals surface area contributed by atoms with Gasteiger partial charge in [-0.2, -0.15) is 0 Å². The van der Waals surface area contributed by atoms with Gasteiger partial charge in [-0.1, -0.05) is 6.07 Å². The van der Waals surface area contributed by atoms with Gasteiger partial charge < -0.3 is 9.47 Å². The van der Waals surface area contributed by atoms with Crippen LogP contribution in [-0.4, -0.2) is 56.1 Å². The van der Waals surface area contributed by atoms with E-state index >= 15 is 0 Å². The van der Waals surface area contributed by atoms with E-state index in [1.165, 1.54) is 13.2 Å². The molecular formula is C16H19F2NO4. The van der Waals surface area contributed by atoms with Crippen LogP contribution in [0.3, 0.4) is 0 Å². The van der Waals surface area contributed by atoms with Gasteiger partial charge >= 0.3 is 11.9 Å². The van der Waals surface area contributed by atoms with Crippen molar-refractivity contribution in [3.8, 4) is 0 Å². The summed E-state index contributed by atoms with van der Waals surface area (Å²) in [7, 11) is 1.26. The molecule has 0 unspecified atom stereocenters. The van der Waals surface area contributed by atoms with Gasteiger partial charge in [-0.05, 0) is 31.0 Å². The lowest BCUT2D eigenvalue weighted by Crippen LogP contribution is -2.40. The van der Waals surface area contributed by atoms with Gasteiger partial charge in [0.25, 0.3) is 6.43 Å². The van der Waals surface area contributed by atoms with Crippen LogP contribution in [0.5, 0.6) is 0 Å². The van der Waals surface area contributed by atoms with E-state index in [4.69, 9.17) is 4.74 Å². The van der Waals surface area contributed by atoms with Crippen molar-refractivity contribution in [1.29, 1.82) is 0 Å². The predicted molar refractivity (Wildman–Crippen MR) is 78.7 cm³/mol. The average Bonchev–Trinajstić information content (AvgIpc) is 2.55. The van der Waals surface area contributed by atoms with E-state index in [1.807, 2.05) is 0 Å². The molecule has 0 N–H and O–H groups in total. The Hall–Kier alpha value is -2.02. The number of benzene rings is 1. The average molecular weight is 327 g/mol. The molecule has 0 saturated carbocycles. The highest BCUT2D eigenvalue weighted by atomic mass is 19.3. The number of likely N-dealkylation sites (tertiary alicyclic amines) is 1. The highest BCUT2D eigenvalue weighted by molar-refractivity contribution is 5.95. The molecule has 0 bridgehead atoms. The van der Waals surface area contributed by atoms with Gasteiger partial charge in [-0.15, -0.1) is 0 Å². The summed E-state index contributed by atoms with van der Waals surface area (Å²) in [4.78, 5) is 25.2. The van der Waals surface area contributed by atoms with Crippen LogP contribution in [0.2, 0.25) is 0 Å². The van der Waals surface area contributed by atoms with Gasteiger partial charge in [0.1, 0.15) is 6.10 Å². The molecule has 7 heteroatoms. The highest BCUT2D eigenvalue weighted by Crippen LogP contribution is 2.17. The molecule has 1 aliphatic heterocycles. The largest absolute Gasteiger partial charge is 0.465 e. The number of alkyl halides is 2. The topological polar surface area (TPSA) is 55.8 Å². The van der Waals surface area contributed by atoms with Crippen LogP contribution < -0.4 is 0 Å². The standard InChI is InChI=1S/C16H19F2NO4/c1-22-15(20)11-3-2-4-12(9-11)16(21)23-13-5-7-19(8-6-13)10-14(17)18/h2-4,9,13-14H,5-8,10H2,1H3. The van der Waals surface area contributed by atoms with Gasteiger partial charge in [0.2, 0.25) is 0 Å². The molecule has 0 aliphatic carbocycles. The van der Waals surface area contributed by atoms with Crippen LogP contribution in [0.1, 0.15) is 33.6 Å². The van der Waals surface area contributed by atoms with Gasteiger partial charge in [0.05, 0.1) is 24.8 Å². The molecule has 0 radical (unpaired) electrons. The third-order valence-corrected chi connectivity index (χ3v) is 3.72. The number of piperidine rings is 1. The van der Waals surface area contributed by atoms with E-state index < -0.39 is 18.4 Å². The van der Waals surface area contributed by atoms with Crippen LogP contribution in [0.25, 0.3) is 0 Å². The molecule has 1 aromatic carbocycles. The first-order valence-corrected chi connectivity index (χ1v) is 7.39. The molecule has 126 valence electrons. The highest BCUT2D eigenvalue weighted by Gasteiger charge is 2.24. The lowest BCUT2D eigenvalue weighted by Gasteiger charge is -2.31. The normalized spacial score (nSPS) is 16.3. The summed E-state index contributed by atoms with van der Waals surface area (Å²) in [6.07, 6.45) is -1.60. The number of nitrogens with zero attached hydrogens (tertiary/aromatic N) is 1. The summed E-state index contributed by atoms with van der Waals surface area (Å²) < 4.78 is 34.6. The minimum absolute atomic E-state index is 0.248. The van der Waals surface area contributed by atoms with Crippen molar-refractivity contribution in [3.63, 3.8) is 0 Å². The quantitative estimate of drug-likeness (QED) is 0.777. The minimum atomic E-state index is -2.35. The first-order chi connectivity index (χ1) is 11.0. The Bertz CT molecular complexity index is 557. The zero-order chi connectivity index (χ0) is 16.8. The van der Waals surface area contributed by atoms with Crippen molar-refractivity contribution in [2.24, 2.45) is 0 Å². The van der Waals surface area contributed by atoms with Gasteiger partial charge in [-0.25, -0.2) is 18.4 Å². The van der Waals surface area contributed by atoms with Crippen LogP contribution in [0.15, 0.2) is 24.3 Å². The van der Waals surface area contributed by atoms with Crippen molar-refractivity contribution in [2.75, 3.05) is 26.7 Å². The second kappa shape index (κ2) is 8.01. The zero-order valence-electron chi connectivity index (χ0n) is 12.8. The number of hydrogen-bond donors (Lipinski definition) is 0. The van der Waals surface area contributed by atoms with Gasteiger partial charge in [0.15, 0.2) is 0 Å². The Kier molecular flexibility index (Phi) is 6.04. The number of halogens is 2. The smallest absolute Gasteiger partial charge is 0.338 e. The number of carbonyl (C=O) groups is 2. The Morgan fingerprint density at radius 2 is 1.83 bits per heavy atom. The SMILES string of the molecule is COC(=O)c1cccc(C(=O)OC2CCN(CC(F)F)CC2)c1. The Labute approximate surface area is 133 Å². The molecule has 1 heterocycles. The number of esters is 2. The molecule has 0 amide bonds.